The van der Waals surface area contributed by atoms with Gasteiger partial charge in [-0.1, -0.05) is 24.1 Å². The first kappa shape index (κ1) is 12.6. The molecule has 1 heterocycles. The van der Waals surface area contributed by atoms with Gasteiger partial charge >= 0.3 is 5.97 Å². The van der Waals surface area contributed by atoms with Crippen molar-refractivity contribution in [1.29, 1.82) is 0 Å². The van der Waals surface area contributed by atoms with Crippen LogP contribution in [0.1, 0.15) is 31.2 Å². The Labute approximate surface area is 116 Å². The van der Waals surface area contributed by atoms with E-state index in [0.717, 1.165) is 12.8 Å². The Morgan fingerprint density at radius 1 is 1.21 bits per heavy atom. The van der Waals surface area contributed by atoms with Crippen molar-refractivity contribution >= 4 is 17.6 Å². The molecule has 0 saturated heterocycles. The highest BCUT2D eigenvalue weighted by Crippen LogP contribution is 2.50. The molecule has 1 aromatic rings. The van der Waals surface area contributed by atoms with E-state index in [1.165, 1.54) is 0 Å². The Balaban J connectivity index is 2.08. The summed E-state index contributed by atoms with van der Waals surface area (Å²) in [6.07, 6.45) is 2.96. The molecule has 0 unspecified atom stereocenters. The predicted molar refractivity (Wildman–Crippen MR) is 70.2 cm³/mol. The fourth-order valence-corrected chi connectivity index (χ4v) is 3.09. The lowest BCUT2D eigenvalue weighted by Gasteiger charge is -2.38. The SMILES string of the molecule is O=C(O)C1(c2ccc3c(c2Cl)OCCCO3)CCC1. The summed E-state index contributed by atoms with van der Waals surface area (Å²) in [6.45, 7) is 1.13. The molecule has 1 aliphatic carbocycles. The second-order valence-corrected chi connectivity index (χ2v) is 5.42. The summed E-state index contributed by atoms with van der Waals surface area (Å²) >= 11 is 6.37. The van der Waals surface area contributed by atoms with Gasteiger partial charge in [0, 0.05) is 6.42 Å². The molecule has 3 rings (SSSR count). The van der Waals surface area contributed by atoms with Gasteiger partial charge in [-0.05, 0) is 24.5 Å². The Kier molecular flexibility index (Phi) is 3.05. The number of carbonyl (C=O) groups is 1. The van der Waals surface area contributed by atoms with E-state index in [0.29, 0.717) is 48.1 Å². The van der Waals surface area contributed by atoms with Gasteiger partial charge in [0.05, 0.1) is 23.7 Å². The van der Waals surface area contributed by atoms with Gasteiger partial charge in [-0.2, -0.15) is 0 Å². The summed E-state index contributed by atoms with van der Waals surface area (Å²) in [5.74, 6) is 0.283. The van der Waals surface area contributed by atoms with Crippen molar-refractivity contribution in [2.45, 2.75) is 31.1 Å². The Hall–Kier alpha value is -1.42. The maximum atomic E-state index is 11.6. The zero-order chi connectivity index (χ0) is 13.5. The van der Waals surface area contributed by atoms with Gasteiger partial charge in [0.25, 0.3) is 0 Å². The molecule has 5 heteroatoms. The van der Waals surface area contributed by atoms with Crippen molar-refractivity contribution in [1.82, 2.24) is 0 Å². The average Bonchev–Trinajstić information content (AvgIpc) is 2.55. The average molecular weight is 283 g/mol. The van der Waals surface area contributed by atoms with Crippen molar-refractivity contribution < 1.29 is 19.4 Å². The van der Waals surface area contributed by atoms with E-state index in [4.69, 9.17) is 21.1 Å². The molecule has 1 aliphatic heterocycles. The van der Waals surface area contributed by atoms with Crippen LogP contribution in [-0.2, 0) is 10.2 Å². The van der Waals surface area contributed by atoms with E-state index < -0.39 is 11.4 Å². The number of hydrogen-bond acceptors (Lipinski definition) is 3. The fraction of sp³-hybridized carbons (Fsp3) is 0.500. The van der Waals surface area contributed by atoms with Gasteiger partial charge in [-0.25, -0.2) is 0 Å². The maximum Gasteiger partial charge on any atom is 0.314 e. The highest BCUT2D eigenvalue weighted by molar-refractivity contribution is 6.33. The largest absolute Gasteiger partial charge is 0.490 e. The van der Waals surface area contributed by atoms with Crippen LogP contribution >= 0.6 is 11.6 Å². The summed E-state index contributed by atoms with van der Waals surface area (Å²) in [5, 5.41) is 9.88. The van der Waals surface area contributed by atoms with Crippen molar-refractivity contribution in [2.24, 2.45) is 0 Å². The van der Waals surface area contributed by atoms with E-state index in [9.17, 15) is 9.90 Å². The van der Waals surface area contributed by atoms with Gasteiger partial charge in [0.2, 0.25) is 0 Å². The van der Waals surface area contributed by atoms with Crippen molar-refractivity contribution in [3.63, 3.8) is 0 Å². The van der Waals surface area contributed by atoms with E-state index in [1.54, 1.807) is 12.1 Å². The number of halogens is 1. The summed E-state index contributed by atoms with van der Waals surface area (Å²) in [6, 6.07) is 3.54. The molecule has 102 valence electrons. The molecule has 19 heavy (non-hydrogen) atoms. The summed E-state index contributed by atoms with van der Waals surface area (Å²) in [4.78, 5) is 11.6. The zero-order valence-corrected chi connectivity index (χ0v) is 11.2. The highest BCUT2D eigenvalue weighted by Gasteiger charge is 2.48. The highest BCUT2D eigenvalue weighted by atomic mass is 35.5. The molecule has 0 amide bonds. The monoisotopic (exact) mass is 282 g/mol. The lowest BCUT2D eigenvalue weighted by atomic mass is 9.64. The number of hydrogen-bond donors (Lipinski definition) is 1. The van der Waals surface area contributed by atoms with Crippen LogP contribution < -0.4 is 9.47 Å². The molecule has 1 N–H and O–H groups in total. The minimum absolute atomic E-state index is 0.390. The van der Waals surface area contributed by atoms with E-state index in [1.807, 2.05) is 0 Å². The number of aliphatic carboxylic acids is 1. The number of carboxylic acids is 1. The Bertz CT molecular complexity index is 522. The third-order valence-electron chi connectivity index (χ3n) is 3.99. The summed E-state index contributed by atoms with van der Waals surface area (Å²) < 4.78 is 11.2. The Morgan fingerprint density at radius 3 is 2.58 bits per heavy atom. The van der Waals surface area contributed by atoms with E-state index in [2.05, 4.69) is 0 Å². The smallest absolute Gasteiger partial charge is 0.314 e. The number of rotatable bonds is 2. The van der Waals surface area contributed by atoms with Gasteiger partial charge in [0.15, 0.2) is 11.5 Å². The minimum Gasteiger partial charge on any atom is -0.490 e. The molecule has 0 spiro atoms. The molecule has 0 radical (unpaired) electrons. The van der Waals surface area contributed by atoms with Crippen molar-refractivity contribution in [2.75, 3.05) is 13.2 Å². The third-order valence-corrected chi connectivity index (χ3v) is 4.36. The molecule has 0 aromatic heterocycles. The van der Waals surface area contributed by atoms with Gasteiger partial charge < -0.3 is 14.6 Å². The predicted octanol–water partition coefficient (Wildman–Crippen LogP) is 3.01. The number of benzene rings is 1. The van der Waals surface area contributed by atoms with Gasteiger partial charge in [0.1, 0.15) is 0 Å². The molecular formula is C14H15ClO4. The first-order chi connectivity index (χ1) is 9.15. The third kappa shape index (κ3) is 1.86. The first-order valence-electron chi connectivity index (χ1n) is 6.47. The van der Waals surface area contributed by atoms with Crippen LogP contribution in [0.5, 0.6) is 11.5 Å². The molecular weight excluding hydrogens is 268 g/mol. The number of carboxylic acid groups (broad SMARTS) is 1. The Morgan fingerprint density at radius 2 is 1.95 bits per heavy atom. The van der Waals surface area contributed by atoms with E-state index in [-0.39, 0.29) is 0 Å². The first-order valence-corrected chi connectivity index (χ1v) is 6.85. The number of ether oxygens (including phenoxy) is 2. The lowest BCUT2D eigenvalue weighted by Crippen LogP contribution is -2.42. The maximum absolute atomic E-state index is 11.6. The van der Waals surface area contributed by atoms with Crippen molar-refractivity contribution in [3.05, 3.63) is 22.7 Å². The quantitative estimate of drug-likeness (QED) is 0.906. The van der Waals surface area contributed by atoms with Crippen LogP contribution in [-0.4, -0.2) is 24.3 Å². The molecule has 2 aliphatic rings. The van der Waals surface area contributed by atoms with Crippen LogP contribution in [0, 0.1) is 0 Å². The second kappa shape index (κ2) is 4.60. The molecule has 0 bridgehead atoms. The van der Waals surface area contributed by atoms with Crippen LogP contribution in [0.2, 0.25) is 5.02 Å². The topological polar surface area (TPSA) is 55.8 Å². The fourth-order valence-electron chi connectivity index (χ4n) is 2.70. The van der Waals surface area contributed by atoms with E-state index >= 15 is 0 Å². The lowest BCUT2D eigenvalue weighted by molar-refractivity contribution is -0.147. The van der Waals surface area contributed by atoms with Crippen LogP contribution in [0.3, 0.4) is 0 Å². The molecule has 1 fully saturated rings. The molecule has 1 aromatic carbocycles. The second-order valence-electron chi connectivity index (χ2n) is 5.05. The van der Waals surface area contributed by atoms with Crippen LogP contribution in [0.25, 0.3) is 0 Å². The van der Waals surface area contributed by atoms with Gasteiger partial charge in [-0.3, -0.25) is 4.79 Å². The summed E-state index contributed by atoms with van der Waals surface area (Å²) in [7, 11) is 0. The molecule has 1 saturated carbocycles. The van der Waals surface area contributed by atoms with Crippen molar-refractivity contribution in [3.8, 4) is 11.5 Å². The van der Waals surface area contributed by atoms with Gasteiger partial charge in [-0.15, -0.1) is 0 Å². The normalized spacial score (nSPS) is 20.3. The summed E-state index contributed by atoms with van der Waals surface area (Å²) in [5.41, 5.74) is -0.195. The molecule has 0 atom stereocenters. The molecule has 4 nitrogen and oxygen atoms in total. The number of fused-ring (bicyclic) bond motifs is 1. The van der Waals surface area contributed by atoms with Crippen LogP contribution in [0.4, 0.5) is 0 Å². The standard InChI is InChI=1S/C14H15ClO4/c15-11-9(14(13(16)17)5-1-6-14)3-4-10-12(11)19-8-2-7-18-10/h3-4H,1-2,5-8H2,(H,16,17). The van der Waals surface area contributed by atoms with Crippen LogP contribution in [0.15, 0.2) is 12.1 Å². The minimum atomic E-state index is -0.845. The zero-order valence-electron chi connectivity index (χ0n) is 10.4.